The summed E-state index contributed by atoms with van der Waals surface area (Å²) in [5.41, 5.74) is 0.568. The molecular formula is C14H21NO3. The van der Waals surface area contributed by atoms with E-state index in [-0.39, 0.29) is 6.23 Å². The Bertz CT molecular complexity index is 370. The molecule has 0 aromatic heterocycles. The van der Waals surface area contributed by atoms with E-state index in [4.69, 9.17) is 9.47 Å². The Hall–Kier alpha value is -1.55. The first kappa shape index (κ1) is 14.5. The Labute approximate surface area is 108 Å². The van der Waals surface area contributed by atoms with Crippen LogP contribution in [0.3, 0.4) is 0 Å². The van der Waals surface area contributed by atoms with Crippen LogP contribution >= 0.6 is 0 Å². The van der Waals surface area contributed by atoms with Gasteiger partial charge in [0.25, 0.3) is 0 Å². The Morgan fingerprint density at radius 1 is 1.28 bits per heavy atom. The topological polar surface area (TPSA) is 47.6 Å². The van der Waals surface area contributed by atoms with Crippen molar-refractivity contribution in [3.63, 3.8) is 0 Å². The Balaban J connectivity index is 2.29. The zero-order chi connectivity index (χ0) is 13.6. The molecule has 0 aliphatic rings. The maximum atomic E-state index is 11.5. The van der Waals surface area contributed by atoms with Gasteiger partial charge < -0.3 is 9.47 Å². The van der Waals surface area contributed by atoms with E-state index in [0.29, 0.717) is 6.61 Å². The molecule has 0 bridgehead atoms. The number of carbonyl (C=O) groups is 1. The fraction of sp³-hybridized carbons (Fsp3) is 0.500. The Kier molecular flexibility index (Phi) is 5.16. The minimum absolute atomic E-state index is 0.389. The molecule has 0 radical (unpaired) electrons. The molecule has 4 heteroatoms. The van der Waals surface area contributed by atoms with Gasteiger partial charge in [0, 0.05) is 0 Å². The van der Waals surface area contributed by atoms with Gasteiger partial charge >= 0.3 is 6.09 Å². The van der Waals surface area contributed by atoms with Gasteiger partial charge in [-0.3, -0.25) is 5.32 Å². The molecule has 4 nitrogen and oxygen atoms in total. The molecule has 1 aromatic carbocycles. The van der Waals surface area contributed by atoms with Crippen LogP contribution in [0.2, 0.25) is 0 Å². The van der Waals surface area contributed by atoms with Gasteiger partial charge in [-0.1, -0.05) is 30.3 Å². The van der Waals surface area contributed by atoms with E-state index in [1.54, 1.807) is 6.92 Å². The predicted molar refractivity (Wildman–Crippen MR) is 70.1 cm³/mol. The summed E-state index contributed by atoms with van der Waals surface area (Å²) < 4.78 is 10.6. The van der Waals surface area contributed by atoms with Crippen LogP contribution in [-0.2, 0) is 16.1 Å². The van der Waals surface area contributed by atoms with Crippen molar-refractivity contribution in [1.29, 1.82) is 0 Å². The second-order valence-electron chi connectivity index (χ2n) is 5.09. The van der Waals surface area contributed by atoms with Crippen LogP contribution in [0.1, 0.15) is 33.3 Å². The minimum Gasteiger partial charge on any atom is -0.444 e. The summed E-state index contributed by atoms with van der Waals surface area (Å²) in [5.74, 6) is 0. The molecule has 0 aliphatic heterocycles. The predicted octanol–water partition coefficient (Wildman–Crippen LogP) is 3.07. The normalized spacial score (nSPS) is 12.9. The van der Waals surface area contributed by atoms with E-state index >= 15 is 0 Å². The second-order valence-corrected chi connectivity index (χ2v) is 5.09. The zero-order valence-corrected chi connectivity index (χ0v) is 11.4. The lowest BCUT2D eigenvalue weighted by molar-refractivity contribution is 0.00689. The second kappa shape index (κ2) is 6.40. The third-order valence-electron chi connectivity index (χ3n) is 2.06. The summed E-state index contributed by atoms with van der Waals surface area (Å²) in [5, 5.41) is 2.62. The lowest BCUT2D eigenvalue weighted by Gasteiger charge is -2.22. The number of benzene rings is 1. The summed E-state index contributed by atoms with van der Waals surface area (Å²) >= 11 is 0. The van der Waals surface area contributed by atoms with E-state index in [9.17, 15) is 4.79 Å². The smallest absolute Gasteiger partial charge is 0.409 e. The van der Waals surface area contributed by atoms with E-state index in [0.717, 1.165) is 5.56 Å². The number of carbonyl (C=O) groups excluding carboxylic acids is 1. The van der Waals surface area contributed by atoms with Crippen molar-refractivity contribution in [3.05, 3.63) is 35.9 Å². The number of nitrogens with one attached hydrogen (secondary N) is 1. The lowest BCUT2D eigenvalue weighted by atomic mass is 10.2. The lowest BCUT2D eigenvalue weighted by Crippen LogP contribution is -2.38. The maximum Gasteiger partial charge on any atom is 0.409 e. The highest BCUT2D eigenvalue weighted by molar-refractivity contribution is 5.67. The number of rotatable bonds is 4. The van der Waals surface area contributed by atoms with Gasteiger partial charge in [-0.05, 0) is 33.3 Å². The first-order valence-electron chi connectivity index (χ1n) is 6.02. The standard InChI is InChI=1S/C14H21NO3/c1-11(15-13(16)18-14(2,3)4)17-10-12-8-6-5-7-9-12/h5-9,11H,10H2,1-4H3,(H,15,16). The van der Waals surface area contributed by atoms with Crippen molar-refractivity contribution in [2.24, 2.45) is 0 Å². The molecule has 1 rings (SSSR count). The van der Waals surface area contributed by atoms with Crippen molar-refractivity contribution >= 4 is 6.09 Å². The molecule has 0 fully saturated rings. The van der Waals surface area contributed by atoms with Crippen LogP contribution in [0, 0.1) is 0 Å². The molecular weight excluding hydrogens is 230 g/mol. The summed E-state index contributed by atoms with van der Waals surface area (Å²) in [4.78, 5) is 11.5. The van der Waals surface area contributed by atoms with Crippen molar-refractivity contribution in [1.82, 2.24) is 5.32 Å². The van der Waals surface area contributed by atoms with E-state index in [1.165, 1.54) is 0 Å². The summed E-state index contributed by atoms with van der Waals surface area (Å²) in [6, 6.07) is 9.79. The number of ether oxygens (including phenoxy) is 2. The molecule has 0 heterocycles. The number of hydrogen-bond donors (Lipinski definition) is 1. The highest BCUT2D eigenvalue weighted by atomic mass is 16.6. The Morgan fingerprint density at radius 2 is 1.89 bits per heavy atom. The molecule has 1 aromatic rings. The van der Waals surface area contributed by atoms with Gasteiger partial charge in [0.15, 0.2) is 0 Å². The highest BCUT2D eigenvalue weighted by Crippen LogP contribution is 2.07. The molecule has 0 saturated carbocycles. The Morgan fingerprint density at radius 3 is 2.44 bits per heavy atom. The number of amides is 1. The van der Waals surface area contributed by atoms with Gasteiger partial charge in [0.2, 0.25) is 0 Å². The number of alkyl carbamates (subject to hydrolysis) is 1. The quantitative estimate of drug-likeness (QED) is 0.836. The molecule has 1 atom stereocenters. The van der Waals surface area contributed by atoms with Crippen molar-refractivity contribution < 1.29 is 14.3 Å². The summed E-state index contributed by atoms with van der Waals surface area (Å²) in [6.45, 7) is 7.69. The molecule has 0 saturated heterocycles. The van der Waals surface area contributed by atoms with Crippen molar-refractivity contribution in [2.75, 3.05) is 0 Å². The largest absolute Gasteiger partial charge is 0.444 e. The molecule has 18 heavy (non-hydrogen) atoms. The minimum atomic E-state index is -0.497. The van der Waals surface area contributed by atoms with Crippen LogP contribution < -0.4 is 5.32 Å². The average Bonchev–Trinajstić information content (AvgIpc) is 2.25. The molecule has 0 aliphatic carbocycles. The highest BCUT2D eigenvalue weighted by Gasteiger charge is 2.17. The van der Waals surface area contributed by atoms with Crippen molar-refractivity contribution in [3.8, 4) is 0 Å². The van der Waals surface area contributed by atoms with Crippen LogP contribution in [0.4, 0.5) is 4.79 Å². The van der Waals surface area contributed by atoms with Gasteiger partial charge in [-0.15, -0.1) is 0 Å². The molecule has 100 valence electrons. The van der Waals surface area contributed by atoms with Gasteiger partial charge in [-0.2, -0.15) is 0 Å². The fourth-order valence-corrected chi connectivity index (χ4v) is 1.31. The molecule has 1 amide bonds. The maximum absolute atomic E-state index is 11.5. The van der Waals surface area contributed by atoms with Gasteiger partial charge in [-0.25, -0.2) is 4.79 Å². The van der Waals surface area contributed by atoms with E-state index in [2.05, 4.69) is 5.32 Å². The third kappa shape index (κ3) is 6.25. The number of hydrogen-bond acceptors (Lipinski definition) is 3. The third-order valence-corrected chi connectivity index (χ3v) is 2.06. The van der Waals surface area contributed by atoms with Crippen molar-refractivity contribution in [2.45, 2.75) is 46.1 Å². The summed E-state index contributed by atoms with van der Waals surface area (Å²) in [7, 11) is 0. The average molecular weight is 251 g/mol. The van der Waals surface area contributed by atoms with Crippen LogP contribution in [0.25, 0.3) is 0 Å². The molecule has 0 spiro atoms. The zero-order valence-electron chi connectivity index (χ0n) is 11.4. The van der Waals surface area contributed by atoms with Gasteiger partial charge in [0.1, 0.15) is 11.8 Å². The summed E-state index contributed by atoms with van der Waals surface area (Å²) in [6.07, 6.45) is -0.858. The molecule has 1 unspecified atom stereocenters. The van der Waals surface area contributed by atoms with E-state index in [1.807, 2.05) is 51.1 Å². The monoisotopic (exact) mass is 251 g/mol. The van der Waals surface area contributed by atoms with Crippen LogP contribution in [0.5, 0.6) is 0 Å². The van der Waals surface area contributed by atoms with Crippen LogP contribution in [0.15, 0.2) is 30.3 Å². The first-order chi connectivity index (χ1) is 8.37. The fourth-order valence-electron chi connectivity index (χ4n) is 1.31. The van der Waals surface area contributed by atoms with Crippen LogP contribution in [-0.4, -0.2) is 17.9 Å². The first-order valence-corrected chi connectivity index (χ1v) is 6.02. The van der Waals surface area contributed by atoms with Gasteiger partial charge in [0.05, 0.1) is 6.61 Å². The van der Waals surface area contributed by atoms with E-state index < -0.39 is 11.7 Å². The SMILES string of the molecule is CC(NC(=O)OC(C)(C)C)OCc1ccccc1. The molecule has 1 N–H and O–H groups in total.